The summed E-state index contributed by atoms with van der Waals surface area (Å²) in [5, 5.41) is 8.57. The number of nitriles is 1. The topological polar surface area (TPSA) is 70.1 Å². The third-order valence-electron chi connectivity index (χ3n) is 2.17. The van der Waals surface area contributed by atoms with Crippen molar-refractivity contribution in [1.82, 2.24) is 0 Å². The Hall–Kier alpha value is -2.09. The Morgan fingerprint density at radius 1 is 1.62 bits per heavy atom. The monoisotopic (exact) mass is 221 g/mol. The van der Waals surface area contributed by atoms with Crippen molar-refractivity contribution in [2.75, 3.05) is 18.0 Å². The molecular formula is C11H12FN3O. The summed E-state index contributed by atoms with van der Waals surface area (Å²) in [6.07, 6.45) is 0. The number of rotatable bonds is 4. The summed E-state index contributed by atoms with van der Waals surface area (Å²) in [5.41, 5.74) is 5.60. The van der Waals surface area contributed by atoms with E-state index in [2.05, 4.69) is 0 Å². The van der Waals surface area contributed by atoms with Crippen molar-refractivity contribution in [3.63, 3.8) is 0 Å². The Kier molecular flexibility index (Phi) is 3.84. The van der Waals surface area contributed by atoms with Crippen LogP contribution < -0.4 is 10.6 Å². The number of likely N-dealkylation sites (N-methyl/N-ethyl adjacent to an activating group) is 1. The maximum absolute atomic E-state index is 13.3. The number of amides is 1. The van der Waals surface area contributed by atoms with Crippen molar-refractivity contribution < 1.29 is 9.18 Å². The first kappa shape index (κ1) is 12.0. The molecule has 5 heteroatoms. The molecule has 0 spiro atoms. The lowest BCUT2D eigenvalue weighted by molar-refractivity contribution is -0.116. The molecule has 0 heterocycles. The van der Waals surface area contributed by atoms with E-state index >= 15 is 0 Å². The Morgan fingerprint density at radius 3 is 2.75 bits per heavy atom. The van der Waals surface area contributed by atoms with Crippen molar-refractivity contribution in [2.24, 2.45) is 5.73 Å². The van der Waals surface area contributed by atoms with Crippen molar-refractivity contribution in [3.8, 4) is 6.07 Å². The number of anilines is 1. The Bertz CT molecular complexity index is 439. The molecule has 0 unspecified atom stereocenters. The van der Waals surface area contributed by atoms with E-state index in [9.17, 15) is 9.18 Å². The number of benzene rings is 1. The molecule has 0 bridgehead atoms. The molecule has 2 N–H and O–H groups in total. The van der Waals surface area contributed by atoms with Crippen LogP contribution in [0.15, 0.2) is 18.2 Å². The van der Waals surface area contributed by atoms with Gasteiger partial charge in [0.25, 0.3) is 0 Å². The fraction of sp³-hybridized carbons (Fsp3) is 0.273. The number of carbonyl (C=O) groups is 1. The van der Waals surface area contributed by atoms with Crippen LogP contribution in [0.3, 0.4) is 0 Å². The first-order valence-electron chi connectivity index (χ1n) is 4.81. The molecule has 0 aliphatic heterocycles. The summed E-state index contributed by atoms with van der Waals surface area (Å²) in [4.78, 5) is 12.4. The number of nitrogens with zero attached hydrogens (tertiary/aromatic N) is 2. The quantitative estimate of drug-likeness (QED) is 0.824. The molecule has 1 aromatic carbocycles. The number of halogens is 1. The van der Waals surface area contributed by atoms with Gasteiger partial charge in [-0.2, -0.15) is 5.26 Å². The molecular weight excluding hydrogens is 209 g/mol. The van der Waals surface area contributed by atoms with Gasteiger partial charge in [-0.25, -0.2) is 4.39 Å². The molecule has 0 fully saturated rings. The van der Waals surface area contributed by atoms with Gasteiger partial charge in [-0.15, -0.1) is 0 Å². The van der Waals surface area contributed by atoms with Gasteiger partial charge in [-0.1, -0.05) is 0 Å². The van der Waals surface area contributed by atoms with Crippen molar-refractivity contribution in [2.45, 2.75) is 6.92 Å². The molecule has 0 atom stereocenters. The molecule has 0 saturated heterocycles. The highest BCUT2D eigenvalue weighted by Crippen LogP contribution is 2.17. The van der Waals surface area contributed by atoms with E-state index in [0.717, 1.165) is 0 Å². The summed E-state index contributed by atoms with van der Waals surface area (Å²) in [6.45, 7) is 2.40. The van der Waals surface area contributed by atoms with Crippen molar-refractivity contribution in [3.05, 3.63) is 29.6 Å². The third-order valence-corrected chi connectivity index (χ3v) is 2.17. The van der Waals surface area contributed by atoms with Crippen LogP contribution in [0.5, 0.6) is 0 Å². The van der Waals surface area contributed by atoms with Crippen molar-refractivity contribution in [1.29, 1.82) is 5.26 Å². The molecule has 0 saturated carbocycles. The lowest BCUT2D eigenvalue weighted by Gasteiger charge is -2.21. The normalized spacial score (nSPS) is 9.56. The molecule has 0 aromatic heterocycles. The SMILES string of the molecule is CCN(CC(N)=O)c1ccc(C#N)c(F)c1. The summed E-state index contributed by atoms with van der Waals surface area (Å²) < 4.78 is 13.3. The Morgan fingerprint density at radius 2 is 2.31 bits per heavy atom. The number of hydrogen-bond acceptors (Lipinski definition) is 3. The minimum absolute atomic E-state index is 0.0149. The smallest absolute Gasteiger partial charge is 0.236 e. The van der Waals surface area contributed by atoms with Crippen LogP contribution in [0, 0.1) is 17.1 Å². The third kappa shape index (κ3) is 2.70. The van der Waals surface area contributed by atoms with E-state index in [1.807, 2.05) is 6.92 Å². The minimum Gasteiger partial charge on any atom is -0.368 e. The number of hydrogen-bond donors (Lipinski definition) is 1. The van der Waals surface area contributed by atoms with Gasteiger partial charge < -0.3 is 10.6 Å². The van der Waals surface area contributed by atoms with E-state index in [0.29, 0.717) is 12.2 Å². The average Bonchev–Trinajstić information content (AvgIpc) is 2.25. The van der Waals surface area contributed by atoms with Gasteiger partial charge in [0.05, 0.1) is 12.1 Å². The highest BCUT2D eigenvalue weighted by Gasteiger charge is 2.10. The molecule has 16 heavy (non-hydrogen) atoms. The molecule has 0 radical (unpaired) electrons. The standard InChI is InChI=1S/C11H12FN3O/c1-2-15(7-11(14)16)9-4-3-8(6-13)10(12)5-9/h3-5H,2,7H2,1H3,(H2,14,16). The summed E-state index contributed by atoms with van der Waals surface area (Å²) in [5.74, 6) is -1.07. The van der Waals surface area contributed by atoms with Crippen LogP contribution in [-0.4, -0.2) is 19.0 Å². The second-order valence-electron chi connectivity index (χ2n) is 3.26. The van der Waals surface area contributed by atoms with E-state index in [1.54, 1.807) is 17.0 Å². The number of carbonyl (C=O) groups excluding carboxylic acids is 1. The Balaban J connectivity index is 2.99. The molecule has 0 aliphatic rings. The summed E-state index contributed by atoms with van der Waals surface area (Å²) in [6, 6.07) is 5.94. The van der Waals surface area contributed by atoms with E-state index < -0.39 is 11.7 Å². The van der Waals surface area contributed by atoms with Gasteiger partial charge in [0, 0.05) is 12.2 Å². The van der Waals surface area contributed by atoms with Crippen molar-refractivity contribution >= 4 is 11.6 Å². The van der Waals surface area contributed by atoms with Crippen LogP contribution in [0.1, 0.15) is 12.5 Å². The second-order valence-corrected chi connectivity index (χ2v) is 3.26. The van der Waals surface area contributed by atoms with Gasteiger partial charge in [-0.3, -0.25) is 4.79 Å². The van der Waals surface area contributed by atoms with Crippen LogP contribution in [0.2, 0.25) is 0 Å². The van der Waals surface area contributed by atoms with Crippen LogP contribution in [0.25, 0.3) is 0 Å². The zero-order valence-electron chi connectivity index (χ0n) is 8.90. The second kappa shape index (κ2) is 5.12. The number of nitrogens with two attached hydrogens (primary N) is 1. The maximum Gasteiger partial charge on any atom is 0.236 e. The number of primary amides is 1. The van der Waals surface area contributed by atoms with Crippen LogP contribution >= 0.6 is 0 Å². The first-order valence-corrected chi connectivity index (χ1v) is 4.81. The summed E-state index contributed by atoms with van der Waals surface area (Å²) >= 11 is 0. The fourth-order valence-corrected chi connectivity index (χ4v) is 1.37. The molecule has 4 nitrogen and oxygen atoms in total. The Labute approximate surface area is 93.1 Å². The fourth-order valence-electron chi connectivity index (χ4n) is 1.37. The van der Waals surface area contributed by atoms with Gasteiger partial charge in [0.2, 0.25) is 5.91 Å². The molecule has 84 valence electrons. The van der Waals surface area contributed by atoms with Gasteiger partial charge >= 0.3 is 0 Å². The first-order chi connectivity index (χ1) is 7.58. The van der Waals surface area contributed by atoms with E-state index in [4.69, 9.17) is 11.0 Å². The lowest BCUT2D eigenvalue weighted by atomic mass is 10.2. The molecule has 1 amide bonds. The zero-order valence-corrected chi connectivity index (χ0v) is 8.90. The largest absolute Gasteiger partial charge is 0.368 e. The molecule has 1 aromatic rings. The zero-order chi connectivity index (χ0) is 12.1. The minimum atomic E-state index is -0.595. The van der Waals surface area contributed by atoms with Gasteiger partial charge in [0.1, 0.15) is 11.9 Å². The molecule has 0 aliphatic carbocycles. The maximum atomic E-state index is 13.3. The highest BCUT2D eigenvalue weighted by molar-refractivity contribution is 5.79. The van der Waals surface area contributed by atoms with E-state index in [-0.39, 0.29) is 12.1 Å². The van der Waals surface area contributed by atoms with Gasteiger partial charge in [-0.05, 0) is 25.1 Å². The predicted octanol–water partition coefficient (Wildman–Crippen LogP) is 1.01. The predicted molar refractivity (Wildman–Crippen MR) is 58.2 cm³/mol. The summed E-state index contributed by atoms with van der Waals surface area (Å²) in [7, 11) is 0. The van der Waals surface area contributed by atoms with Crippen LogP contribution in [0.4, 0.5) is 10.1 Å². The molecule has 1 rings (SSSR count). The van der Waals surface area contributed by atoms with Gasteiger partial charge in [0.15, 0.2) is 0 Å². The lowest BCUT2D eigenvalue weighted by Crippen LogP contribution is -2.33. The van der Waals surface area contributed by atoms with E-state index in [1.165, 1.54) is 12.1 Å². The highest BCUT2D eigenvalue weighted by atomic mass is 19.1. The average molecular weight is 221 g/mol. The van der Waals surface area contributed by atoms with Crippen LogP contribution in [-0.2, 0) is 4.79 Å².